The predicted octanol–water partition coefficient (Wildman–Crippen LogP) is 1.94. The molecule has 1 aromatic carbocycles. The summed E-state index contributed by atoms with van der Waals surface area (Å²) in [7, 11) is 0. The summed E-state index contributed by atoms with van der Waals surface area (Å²) < 4.78 is 0. The second-order valence-corrected chi connectivity index (χ2v) is 6.50. The van der Waals surface area contributed by atoms with E-state index in [1.165, 1.54) is 6.92 Å². The number of primary amides is 1. The number of Topliss-reactive ketones (excluding diaryl/α,β-unsaturated/α-hetero) is 1. The zero-order valence-electron chi connectivity index (χ0n) is 13.6. The van der Waals surface area contributed by atoms with Crippen LogP contribution in [0.5, 0.6) is 0 Å². The van der Waals surface area contributed by atoms with Crippen molar-refractivity contribution < 1.29 is 14.4 Å². The minimum absolute atomic E-state index is 0.00620. The van der Waals surface area contributed by atoms with Crippen LogP contribution in [0.3, 0.4) is 0 Å². The summed E-state index contributed by atoms with van der Waals surface area (Å²) in [5.41, 5.74) is 6.85. The third-order valence-electron chi connectivity index (χ3n) is 3.45. The van der Waals surface area contributed by atoms with Crippen LogP contribution in [0.25, 0.3) is 0 Å². The van der Waals surface area contributed by atoms with Gasteiger partial charge in [0, 0.05) is 12.0 Å². The Balaban J connectivity index is 2.77. The predicted molar refractivity (Wildman–Crippen MR) is 85.5 cm³/mol. The van der Waals surface area contributed by atoms with Gasteiger partial charge in [0.25, 0.3) is 5.91 Å². The number of rotatable bonds is 6. The molecule has 0 aliphatic heterocycles. The number of carbonyl (C=O) groups is 3. The minimum Gasteiger partial charge on any atom is -0.368 e. The monoisotopic (exact) mass is 304 g/mol. The lowest BCUT2D eigenvalue weighted by atomic mass is 9.86. The summed E-state index contributed by atoms with van der Waals surface area (Å²) in [4.78, 5) is 34.5. The molecule has 1 rings (SSSR count). The van der Waals surface area contributed by atoms with Crippen LogP contribution in [-0.2, 0) is 15.0 Å². The van der Waals surface area contributed by atoms with Crippen molar-refractivity contribution in [3.8, 4) is 0 Å². The zero-order valence-corrected chi connectivity index (χ0v) is 13.6. The first-order chi connectivity index (χ1) is 10.1. The Labute approximate surface area is 131 Å². The molecule has 0 aliphatic rings. The molecule has 0 saturated carbocycles. The number of hydrogen-bond donors (Lipinski definition) is 2. The van der Waals surface area contributed by atoms with Gasteiger partial charge in [0.1, 0.15) is 11.8 Å². The number of carbonyl (C=O) groups excluding carboxylic acids is 3. The van der Waals surface area contributed by atoms with E-state index in [1.54, 1.807) is 12.1 Å². The van der Waals surface area contributed by atoms with Gasteiger partial charge in [-0.05, 0) is 36.5 Å². The van der Waals surface area contributed by atoms with Crippen molar-refractivity contribution in [1.82, 2.24) is 5.32 Å². The summed E-state index contributed by atoms with van der Waals surface area (Å²) in [5.74, 6) is -1.05. The molecule has 1 atom stereocenters. The molecule has 3 N–H and O–H groups in total. The molecule has 120 valence electrons. The highest BCUT2D eigenvalue weighted by Gasteiger charge is 2.20. The summed E-state index contributed by atoms with van der Waals surface area (Å²) in [6.07, 6.45) is 0.424. The SMILES string of the molecule is CC(=O)CC[C@@H](NC(=O)c1ccc(C(C)(C)C)cc1)C(N)=O. The van der Waals surface area contributed by atoms with Gasteiger partial charge >= 0.3 is 0 Å². The number of nitrogens with two attached hydrogens (primary N) is 1. The van der Waals surface area contributed by atoms with Gasteiger partial charge in [0.2, 0.25) is 5.91 Å². The number of benzene rings is 1. The third kappa shape index (κ3) is 5.31. The zero-order chi connectivity index (χ0) is 16.9. The van der Waals surface area contributed by atoms with E-state index < -0.39 is 11.9 Å². The Morgan fingerprint density at radius 1 is 1.14 bits per heavy atom. The van der Waals surface area contributed by atoms with Crippen LogP contribution in [-0.4, -0.2) is 23.6 Å². The van der Waals surface area contributed by atoms with Crippen molar-refractivity contribution in [2.45, 2.75) is 52.0 Å². The molecule has 0 saturated heterocycles. The first-order valence-electron chi connectivity index (χ1n) is 7.31. The Kier molecular flexibility index (Phi) is 5.85. The molecule has 0 spiro atoms. The summed E-state index contributed by atoms with van der Waals surface area (Å²) in [6.45, 7) is 7.71. The van der Waals surface area contributed by atoms with E-state index >= 15 is 0 Å². The smallest absolute Gasteiger partial charge is 0.251 e. The number of hydrogen-bond acceptors (Lipinski definition) is 3. The average Bonchev–Trinajstić information content (AvgIpc) is 2.41. The van der Waals surface area contributed by atoms with Gasteiger partial charge in [0.15, 0.2) is 0 Å². The minimum atomic E-state index is -0.835. The van der Waals surface area contributed by atoms with E-state index in [0.29, 0.717) is 5.56 Å². The van der Waals surface area contributed by atoms with Crippen LogP contribution < -0.4 is 11.1 Å². The molecule has 0 aliphatic carbocycles. The van der Waals surface area contributed by atoms with Crippen LogP contribution in [0.15, 0.2) is 24.3 Å². The fourth-order valence-corrected chi connectivity index (χ4v) is 2.00. The highest BCUT2D eigenvalue weighted by atomic mass is 16.2. The number of ketones is 1. The van der Waals surface area contributed by atoms with Gasteiger partial charge in [-0.25, -0.2) is 0 Å². The maximum Gasteiger partial charge on any atom is 0.251 e. The van der Waals surface area contributed by atoms with E-state index in [9.17, 15) is 14.4 Å². The van der Waals surface area contributed by atoms with Crippen LogP contribution in [0.1, 0.15) is 56.5 Å². The molecule has 5 nitrogen and oxygen atoms in total. The Hall–Kier alpha value is -2.17. The molecule has 0 unspecified atom stereocenters. The quantitative estimate of drug-likeness (QED) is 0.841. The largest absolute Gasteiger partial charge is 0.368 e. The highest BCUT2D eigenvalue weighted by Crippen LogP contribution is 2.22. The molecule has 0 heterocycles. The van der Waals surface area contributed by atoms with E-state index in [-0.39, 0.29) is 29.9 Å². The fourth-order valence-electron chi connectivity index (χ4n) is 2.00. The second kappa shape index (κ2) is 7.20. The topological polar surface area (TPSA) is 89.3 Å². The summed E-state index contributed by atoms with van der Waals surface area (Å²) in [6, 6.07) is 6.39. The molecular weight excluding hydrogens is 280 g/mol. The van der Waals surface area contributed by atoms with Crippen molar-refractivity contribution in [2.24, 2.45) is 5.73 Å². The number of amides is 2. The van der Waals surface area contributed by atoms with Gasteiger partial charge < -0.3 is 15.8 Å². The van der Waals surface area contributed by atoms with Gasteiger partial charge in [-0.2, -0.15) is 0 Å². The molecule has 0 bridgehead atoms. The van der Waals surface area contributed by atoms with Crippen LogP contribution in [0.2, 0.25) is 0 Å². The van der Waals surface area contributed by atoms with Crippen molar-refractivity contribution in [2.75, 3.05) is 0 Å². The first kappa shape index (κ1) is 17.9. The standard InChI is InChI=1S/C17H24N2O3/c1-11(20)5-10-14(15(18)21)19-16(22)12-6-8-13(9-7-12)17(2,3)4/h6-9,14H,5,10H2,1-4H3,(H2,18,21)(H,19,22)/t14-/m1/s1. The lowest BCUT2D eigenvalue weighted by molar-refractivity contribution is -0.120. The molecule has 0 radical (unpaired) electrons. The average molecular weight is 304 g/mol. The maximum absolute atomic E-state index is 12.2. The van der Waals surface area contributed by atoms with Crippen molar-refractivity contribution in [3.05, 3.63) is 35.4 Å². The lowest BCUT2D eigenvalue weighted by Gasteiger charge is -2.19. The van der Waals surface area contributed by atoms with Gasteiger partial charge in [-0.3, -0.25) is 9.59 Å². The van der Waals surface area contributed by atoms with Crippen molar-refractivity contribution >= 4 is 17.6 Å². The molecule has 0 aromatic heterocycles. The van der Waals surface area contributed by atoms with E-state index in [2.05, 4.69) is 26.1 Å². The molecule has 22 heavy (non-hydrogen) atoms. The van der Waals surface area contributed by atoms with Crippen LogP contribution in [0, 0.1) is 0 Å². The summed E-state index contributed by atoms with van der Waals surface area (Å²) in [5, 5.41) is 2.58. The van der Waals surface area contributed by atoms with E-state index in [0.717, 1.165) is 5.56 Å². The van der Waals surface area contributed by atoms with Crippen LogP contribution in [0.4, 0.5) is 0 Å². The molecule has 1 aromatic rings. The maximum atomic E-state index is 12.2. The summed E-state index contributed by atoms with van der Waals surface area (Å²) >= 11 is 0. The highest BCUT2D eigenvalue weighted by molar-refractivity contribution is 5.97. The van der Waals surface area contributed by atoms with Crippen molar-refractivity contribution in [3.63, 3.8) is 0 Å². The van der Waals surface area contributed by atoms with E-state index in [4.69, 9.17) is 5.73 Å². The fraction of sp³-hybridized carbons (Fsp3) is 0.471. The number of nitrogens with one attached hydrogen (secondary N) is 1. The van der Waals surface area contributed by atoms with Gasteiger partial charge in [-0.1, -0.05) is 32.9 Å². The van der Waals surface area contributed by atoms with Gasteiger partial charge in [-0.15, -0.1) is 0 Å². The molecule has 0 fully saturated rings. The normalized spacial score (nSPS) is 12.5. The Morgan fingerprint density at radius 2 is 1.68 bits per heavy atom. The second-order valence-electron chi connectivity index (χ2n) is 6.50. The molecule has 2 amide bonds. The third-order valence-corrected chi connectivity index (χ3v) is 3.45. The molecule has 5 heteroatoms. The Bertz CT molecular complexity index is 556. The van der Waals surface area contributed by atoms with Crippen molar-refractivity contribution in [1.29, 1.82) is 0 Å². The van der Waals surface area contributed by atoms with Crippen LogP contribution >= 0.6 is 0 Å². The first-order valence-corrected chi connectivity index (χ1v) is 7.31. The van der Waals surface area contributed by atoms with E-state index in [1.807, 2.05) is 12.1 Å². The molecular formula is C17H24N2O3. The Morgan fingerprint density at radius 3 is 2.09 bits per heavy atom. The lowest BCUT2D eigenvalue weighted by Crippen LogP contribution is -2.44. The van der Waals surface area contributed by atoms with Gasteiger partial charge in [0.05, 0.1) is 0 Å².